The minimum atomic E-state index is -1.45. The summed E-state index contributed by atoms with van der Waals surface area (Å²) in [5.74, 6) is -1.54. The van der Waals surface area contributed by atoms with Crippen LogP contribution in [0.1, 0.15) is 12.1 Å². The highest BCUT2D eigenvalue weighted by Gasteiger charge is 2.13. The standard InChI is InChI=1S/C11H13N3O4S/c15-8(10(17)18)1-2-12-9(16)5-7-6-14-3-4-19-11(14)13-7/h3-4,6,8,15H,1-2,5H2,(H,12,16)(H,17,18)/t8-/m0/s1. The lowest BCUT2D eigenvalue weighted by Crippen LogP contribution is -2.31. The van der Waals surface area contributed by atoms with Gasteiger partial charge < -0.3 is 15.5 Å². The highest BCUT2D eigenvalue weighted by atomic mass is 32.1. The van der Waals surface area contributed by atoms with Gasteiger partial charge in [0, 0.05) is 30.7 Å². The fraction of sp³-hybridized carbons (Fsp3) is 0.364. The van der Waals surface area contributed by atoms with E-state index in [4.69, 9.17) is 10.2 Å². The Labute approximate surface area is 112 Å². The molecule has 0 bridgehead atoms. The van der Waals surface area contributed by atoms with E-state index in [2.05, 4.69) is 10.3 Å². The van der Waals surface area contributed by atoms with Gasteiger partial charge in [-0.2, -0.15) is 0 Å². The number of thiazole rings is 1. The molecule has 1 atom stereocenters. The van der Waals surface area contributed by atoms with Crippen LogP contribution >= 0.6 is 11.3 Å². The van der Waals surface area contributed by atoms with Crippen molar-refractivity contribution >= 4 is 28.2 Å². The number of carboxylic acid groups (broad SMARTS) is 1. The summed E-state index contributed by atoms with van der Waals surface area (Å²) in [6.45, 7) is 0.120. The number of fused-ring (bicyclic) bond motifs is 1. The first-order valence-electron chi connectivity index (χ1n) is 5.65. The van der Waals surface area contributed by atoms with Gasteiger partial charge in [0.25, 0.3) is 0 Å². The zero-order chi connectivity index (χ0) is 13.8. The second-order valence-corrected chi connectivity index (χ2v) is 4.87. The van der Waals surface area contributed by atoms with E-state index in [1.165, 1.54) is 11.3 Å². The Balaban J connectivity index is 1.78. The van der Waals surface area contributed by atoms with Crippen LogP contribution in [-0.2, 0) is 16.0 Å². The number of aliphatic hydroxyl groups excluding tert-OH is 1. The van der Waals surface area contributed by atoms with Crippen molar-refractivity contribution in [1.82, 2.24) is 14.7 Å². The fourth-order valence-corrected chi connectivity index (χ4v) is 2.28. The van der Waals surface area contributed by atoms with Gasteiger partial charge >= 0.3 is 5.97 Å². The Kier molecular flexibility index (Phi) is 4.13. The average molecular weight is 283 g/mol. The minimum absolute atomic E-state index is 0.0145. The van der Waals surface area contributed by atoms with Crippen molar-refractivity contribution in [2.45, 2.75) is 18.9 Å². The molecule has 0 aliphatic rings. The van der Waals surface area contributed by atoms with Crippen LogP contribution in [0, 0.1) is 0 Å². The van der Waals surface area contributed by atoms with Gasteiger partial charge in [-0.15, -0.1) is 11.3 Å². The number of aliphatic hydroxyl groups is 1. The van der Waals surface area contributed by atoms with Crippen LogP contribution in [0.5, 0.6) is 0 Å². The number of amides is 1. The van der Waals surface area contributed by atoms with Crippen LogP contribution in [0.4, 0.5) is 0 Å². The molecule has 8 heteroatoms. The Morgan fingerprint density at radius 2 is 2.32 bits per heavy atom. The summed E-state index contributed by atoms with van der Waals surface area (Å²) in [6, 6.07) is 0. The zero-order valence-electron chi connectivity index (χ0n) is 9.94. The number of hydrogen-bond donors (Lipinski definition) is 3. The predicted octanol–water partition coefficient (Wildman–Crippen LogP) is -0.110. The summed E-state index contributed by atoms with van der Waals surface area (Å²) >= 11 is 1.48. The van der Waals surface area contributed by atoms with Crippen molar-refractivity contribution in [2.24, 2.45) is 0 Å². The Hall–Kier alpha value is -1.93. The molecule has 2 aromatic rings. The summed E-state index contributed by atoms with van der Waals surface area (Å²) < 4.78 is 1.83. The normalized spacial score (nSPS) is 12.5. The molecule has 0 unspecified atom stereocenters. The van der Waals surface area contributed by atoms with E-state index in [1.807, 2.05) is 16.0 Å². The fourth-order valence-electron chi connectivity index (χ4n) is 1.56. The number of imidazole rings is 1. The SMILES string of the molecule is O=C(Cc1cn2ccsc2n1)NCC[C@H](O)C(=O)O. The van der Waals surface area contributed by atoms with E-state index < -0.39 is 12.1 Å². The largest absolute Gasteiger partial charge is 0.479 e. The van der Waals surface area contributed by atoms with E-state index >= 15 is 0 Å². The summed E-state index contributed by atoms with van der Waals surface area (Å²) in [4.78, 5) is 27.0. The number of carboxylic acids is 1. The molecule has 0 saturated heterocycles. The van der Waals surface area contributed by atoms with Gasteiger partial charge in [0.2, 0.25) is 5.91 Å². The molecule has 0 aliphatic heterocycles. The molecule has 0 fully saturated rings. The lowest BCUT2D eigenvalue weighted by molar-refractivity contribution is -0.147. The van der Waals surface area contributed by atoms with Gasteiger partial charge in [-0.05, 0) is 0 Å². The third-order valence-electron chi connectivity index (χ3n) is 2.51. The van der Waals surface area contributed by atoms with E-state index in [1.54, 1.807) is 6.20 Å². The molecule has 7 nitrogen and oxygen atoms in total. The molecule has 0 aromatic carbocycles. The topological polar surface area (TPSA) is 104 Å². The molecule has 0 radical (unpaired) electrons. The molecular weight excluding hydrogens is 270 g/mol. The Morgan fingerprint density at radius 1 is 1.53 bits per heavy atom. The molecule has 2 aromatic heterocycles. The van der Waals surface area contributed by atoms with Gasteiger partial charge in [0.15, 0.2) is 11.1 Å². The number of aliphatic carboxylic acids is 1. The lowest BCUT2D eigenvalue weighted by atomic mass is 10.2. The van der Waals surface area contributed by atoms with Crippen molar-refractivity contribution < 1.29 is 19.8 Å². The first-order chi connectivity index (χ1) is 9.06. The lowest BCUT2D eigenvalue weighted by Gasteiger charge is -2.06. The number of carbonyl (C=O) groups excluding carboxylic acids is 1. The van der Waals surface area contributed by atoms with Crippen LogP contribution in [0.25, 0.3) is 4.96 Å². The Morgan fingerprint density at radius 3 is 3.00 bits per heavy atom. The van der Waals surface area contributed by atoms with Gasteiger partial charge in [0.05, 0.1) is 12.1 Å². The maximum atomic E-state index is 11.6. The maximum absolute atomic E-state index is 11.6. The van der Waals surface area contributed by atoms with Crippen molar-refractivity contribution in [3.8, 4) is 0 Å². The third-order valence-corrected chi connectivity index (χ3v) is 3.28. The summed E-state index contributed by atoms with van der Waals surface area (Å²) in [7, 11) is 0. The van der Waals surface area contributed by atoms with Gasteiger partial charge in [-0.25, -0.2) is 9.78 Å². The smallest absolute Gasteiger partial charge is 0.332 e. The molecule has 0 spiro atoms. The van der Waals surface area contributed by atoms with Crippen molar-refractivity contribution in [1.29, 1.82) is 0 Å². The number of nitrogens with one attached hydrogen (secondary N) is 1. The number of nitrogens with zero attached hydrogens (tertiary/aromatic N) is 2. The van der Waals surface area contributed by atoms with Crippen molar-refractivity contribution in [3.63, 3.8) is 0 Å². The average Bonchev–Trinajstić information content (AvgIpc) is 2.89. The van der Waals surface area contributed by atoms with Gasteiger partial charge in [-0.1, -0.05) is 0 Å². The molecule has 3 N–H and O–H groups in total. The number of carbonyl (C=O) groups is 2. The molecule has 0 aliphatic carbocycles. The summed E-state index contributed by atoms with van der Waals surface area (Å²) in [6.07, 6.45) is 2.31. The van der Waals surface area contributed by atoms with E-state index in [-0.39, 0.29) is 25.3 Å². The third kappa shape index (κ3) is 3.52. The van der Waals surface area contributed by atoms with Crippen LogP contribution in [-0.4, -0.2) is 44.1 Å². The first-order valence-corrected chi connectivity index (χ1v) is 6.53. The quantitative estimate of drug-likeness (QED) is 0.686. The molecule has 0 saturated carbocycles. The first kappa shape index (κ1) is 13.5. The number of aromatic nitrogens is 2. The summed E-state index contributed by atoms with van der Waals surface area (Å²) in [5.41, 5.74) is 0.656. The highest BCUT2D eigenvalue weighted by Crippen LogP contribution is 2.11. The van der Waals surface area contributed by atoms with Crippen LogP contribution in [0.2, 0.25) is 0 Å². The van der Waals surface area contributed by atoms with Crippen molar-refractivity contribution in [2.75, 3.05) is 6.54 Å². The molecule has 2 rings (SSSR count). The molecule has 2 heterocycles. The molecule has 1 amide bonds. The van der Waals surface area contributed by atoms with Crippen LogP contribution in [0.15, 0.2) is 17.8 Å². The minimum Gasteiger partial charge on any atom is -0.479 e. The van der Waals surface area contributed by atoms with Gasteiger partial charge in [-0.3, -0.25) is 9.20 Å². The molecule has 19 heavy (non-hydrogen) atoms. The van der Waals surface area contributed by atoms with Crippen LogP contribution < -0.4 is 5.32 Å². The molecule has 102 valence electrons. The molecular formula is C11H13N3O4S. The van der Waals surface area contributed by atoms with Crippen LogP contribution in [0.3, 0.4) is 0 Å². The second-order valence-electron chi connectivity index (χ2n) is 3.99. The number of rotatable bonds is 6. The van der Waals surface area contributed by atoms with E-state index in [9.17, 15) is 9.59 Å². The maximum Gasteiger partial charge on any atom is 0.332 e. The monoisotopic (exact) mass is 283 g/mol. The zero-order valence-corrected chi connectivity index (χ0v) is 10.8. The van der Waals surface area contributed by atoms with Crippen molar-refractivity contribution in [3.05, 3.63) is 23.5 Å². The second kappa shape index (κ2) is 5.81. The van der Waals surface area contributed by atoms with E-state index in [0.29, 0.717) is 5.69 Å². The highest BCUT2D eigenvalue weighted by molar-refractivity contribution is 7.15. The Bertz CT molecular complexity index is 563. The van der Waals surface area contributed by atoms with E-state index in [0.717, 1.165) is 4.96 Å². The van der Waals surface area contributed by atoms with Gasteiger partial charge in [0.1, 0.15) is 0 Å². The summed E-state index contributed by atoms with van der Waals surface area (Å²) in [5, 5.41) is 21.9. The predicted molar refractivity (Wildman–Crippen MR) is 68.0 cm³/mol. The number of hydrogen-bond acceptors (Lipinski definition) is 5.